The number of benzene rings is 2. The number of nitrogens with one attached hydrogen (secondary N) is 3. The fraction of sp³-hybridized carbons (Fsp3) is 0.158. The molecule has 0 atom stereocenters. The number of hydrazine groups is 1. The summed E-state index contributed by atoms with van der Waals surface area (Å²) in [7, 11) is 1.65. The minimum Gasteiger partial charge on any atom is -0.497 e. The lowest BCUT2D eigenvalue weighted by Gasteiger charge is -2.19. The third-order valence-electron chi connectivity index (χ3n) is 3.67. The predicted octanol–water partition coefficient (Wildman–Crippen LogP) is 3.35. The van der Waals surface area contributed by atoms with E-state index in [1.54, 1.807) is 7.11 Å². The van der Waals surface area contributed by atoms with E-state index in [1.807, 2.05) is 53.9 Å². The van der Waals surface area contributed by atoms with Crippen molar-refractivity contribution in [1.82, 2.24) is 10.9 Å². The number of amidine groups is 1. The number of hydrogen-bond acceptors (Lipinski definition) is 5. The van der Waals surface area contributed by atoms with Gasteiger partial charge in [-0.05, 0) is 29.8 Å². The van der Waals surface area contributed by atoms with Crippen molar-refractivity contribution in [2.45, 2.75) is 13.5 Å². The van der Waals surface area contributed by atoms with Crippen LogP contribution in [0.1, 0.15) is 18.1 Å². The Bertz CT molecular complexity index is 830. The number of carbonyl (C=O) groups is 1. The number of hydrogen-bond donors (Lipinski definition) is 3. The summed E-state index contributed by atoms with van der Waals surface area (Å²) in [5.74, 6) is 0.757. The number of nitrogens with zero attached hydrogens (tertiary/aromatic N) is 1. The normalized spacial score (nSPS) is 14.8. The molecule has 0 fully saturated rings. The van der Waals surface area contributed by atoms with Gasteiger partial charge >= 0.3 is 0 Å². The SMILES string of the molecule is COc1ccc(CN=C2NNC(c3ccc(NC(C)=O)cc3)=CS2)cc1. The number of methoxy groups -OCH3 is 1. The molecule has 0 aliphatic carbocycles. The molecule has 1 aliphatic heterocycles. The molecular formula is C19H20N4O2S. The van der Waals surface area contributed by atoms with Crippen molar-refractivity contribution in [2.75, 3.05) is 12.4 Å². The van der Waals surface area contributed by atoms with E-state index in [0.717, 1.165) is 33.4 Å². The first-order valence-electron chi connectivity index (χ1n) is 8.08. The second kappa shape index (κ2) is 8.44. The average molecular weight is 368 g/mol. The maximum absolute atomic E-state index is 11.1. The Kier molecular flexibility index (Phi) is 5.80. The fourth-order valence-corrected chi connectivity index (χ4v) is 3.02. The van der Waals surface area contributed by atoms with Gasteiger partial charge in [-0.2, -0.15) is 0 Å². The van der Waals surface area contributed by atoms with Crippen LogP contribution in [0.5, 0.6) is 5.75 Å². The molecule has 3 rings (SSSR count). The highest BCUT2D eigenvalue weighted by atomic mass is 32.2. The molecule has 3 N–H and O–H groups in total. The highest BCUT2D eigenvalue weighted by Gasteiger charge is 2.10. The summed E-state index contributed by atoms with van der Waals surface area (Å²) in [5, 5.41) is 5.57. The molecule has 7 heteroatoms. The molecular weight excluding hydrogens is 348 g/mol. The van der Waals surface area contributed by atoms with Gasteiger partial charge in [0.1, 0.15) is 5.75 Å². The van der Waals surface area contributed by atoms with Crippen molar-refractivity contribution in [3.8, 4) is 5.75 Å². The van der Waals surface area contributed by atoms with Gasteiger partial charge < -0.3 is 10.1 Å². The molecule has 0 saturated heterocycles. The molecule has 0 aromatic heterocycles. The van der Waals surface area contributed by atoms with Gasteiger partial charge in [-0.25, -0.2) is 0 Å². The summed E-state index contributed by atoms with van der Waals surface area (Å²) in [5.41, 5.74) is 10.1. The van der Waals surface area contributed by atoms with Gasteiger partial charge in [0.05, 0.1) is 19.4 Å². The lowest BCUT2D eigenvalue weighted by molar-refractivity contribution is -0.114. The number of ether oxygens (including phenoxy) is 1. The number of thioether (sulfide) groups is 1. The molecule has 0 unspecified atom stereocenters. The maximum Gasteiger partial charge on any atom is 0.221 e. The summed E-state index contributed by atoms with van der Waals surface area (Å²) in [6.07, 6.45) is 0. The van der Waals surface area contributed by atoms with Crippen molar-refractivity contribution in [1.29, 1.82) is 0 Å². The quantitative estimate of drug-likeness (QED) is 0.755. The molecule has 6 nitrogen and oxygen atoms in total. The number of rotatable bonds is 5. The maximum atomic E-state index is 11.1. The van der Waals surface area contributed by atoms with Crippen LogP contribution in [-0.2, 0) is 11.3 Å². The molecule has 134 valence electrons. The van der Waals surface area contributed by atoms with E-state index in [2.05, 4.69) is 21.2 Å². The molecule has 2 aromatic rings. The van der Waals surface area contributed by atoms with E-state index >= 15 is 0 Å². The highest BCUT2D eigenvalue weighted by molar-refractivity contribution is 8.16. The Balaban J connectivity index is 1.59. The van der Waals surface area contributed by atoms with Crippen molar-refractivity contribution in [3.05, 3.63) is 65.1 Å². The van der Waals surface area contributed by atoms with Gasteiger partial charge in [-0.15, -0.1) is 0 Å². The smallest absolute Gasteiger partial charge is 0.221 e. The summed E-state index contributed by atoms with van der Waals surface area (Å²) in [6.45, 7) is 2.09. The molecule has 0 radical (unpaired) electrons. The van der Waals surface area contributed by atoms with Crippen LogP contribution in [0.4, 0.5) is 5.69 Å². The van der Waals surface area contributed by atoms with Crippen LogP contribution in [-0.4, -0.2) is 18.2 Å². The largest absolute Gasteiger partial charge is 0.497 e. The fourth-order valence-electron chi connectivity index (χ4n) is 2.34. The molecule has 2 aromatic carbocycles. The Morgan fingerprint density at radius 3 is 2.42 bits per heavy atom. The van der Waals surface area contributed by atoms with E-state index in [-0.39, 0.29) is 5.91 Å². The molecule has 0 saturated carbocycles. The zero-order valence-electron chi connectivity index (χ0n) is 14.6. The summed E-state index contributed by atoms with van der Waals surface area (Å²) in [6, 6.07) is 15.5. The highest BCUT2D eigenvalue weighted by Crippen LogP contribution is 2.22. The first kappa shape index (κ1) is 17.9. The third-order valence-corrected chi connectivity index (χ3v) is 4.48. The molecule has 1 amide bonds. The average Bonchev–Trinajstić information content (AvgIpc) is 2.67. The van der Waals surface area contributed by atoms with Crippen molar-refractivity contribution in [2.24, 2.45) is 4.99 Å². The molecule has 0 bridgehead atoms. The minimum atomic E-state index is -0.0808. The zero-order valence-corrected chi connectivity index (χ0v) is 15.4. The predicted molar refractivity (Wildman–Crippen MR) is 107 cm³/mol. The van der Waals surface area contributed by atoms with Crippen LogP contribution >= 0.6 is 11.8 Å². The van der Waals surface area contributed by atoms with Crippen molar-refractivity contribution < 1.29 is 9.53 Å². The first-order valence-corrected chi connectivity index (χ1v) is 8.96. The second-order valence-electron chi connectivity index (χ2n) is 5.63. The first-order chi connectivity index (χ1) is 12.6. The van der Waals surface area contributed by atoms with E-state index < -0.39 is 0 Å². The second-order valence-corrected chi connectivity index (χ2v) is 6.49. The van der Waals surface area contributed by atoms with E-state index in [9.17, 15) is 4.79 Å². The Labute approximate surface area is 156 Å². The Morgan fingerprint density at radius 1 is 1.12 bits per heavy atom. The van der Waals surface area contributed by atoms with Gasteiger partial charge in [0.2, 0.25) is 5.91 Å². The van der Waals surface area contributed by atoms with Gasteiger partial charge in [0, 0.05) is 23.6 Å². The minimum absolute atomic E-state index is 0.0808. The number of amides is 1. The zero-order chi connectivity index (χ0) is 18.4. The van der Waals surface area contributed by atoms with Crippen molar-refractivity contribution >= 4 is 34.2 Å². The van der Waals surface area contributed by atoms with Gasteiger partial charge in [-0.3, -0.25) is 20.6 Å². The lowest BCUT2D eigenvalue weighted by atomic mass is 10.1. The van der Waals surface area contributed by atoms with Gasteiger partial charge in [-0.1, -0.05) is 36.0 Å². The van der Waals surface area contributed by atoms with Gasteiger partial charge in [0.25, 0.3) is 0 Å². The lowest BCUT2D eigenvalue weighted by Crippen LogP contribution is -2.36. The van der Waals surface area contributed by atoms with Crippen LogP contribution in [0, 0.1) is 0 Å². The molecule has 1 aliphatic rings. The van der Waals surface area contributed by atoms with E-state index in [1.165, 1.54) is 18.7 Å². The molecule has 1 heterocycles. The van der Waals surface area contributed by atoms with Gasteiger partial charge in [0.15, 0.2) is 5.17 Å². The monoisotopic (exact) mass is 368 g/mol. The summed E-state index contributed by atoms with van der Waals surface area (Å²) in [4.78, 5) is 15.6. The molecule has 26 heavy (non-hydrogen) atoms. The number of aliphatic imine (C=N–C) groups is 1. The van der Waals surface area contributed by atoms with Crippen LogP contribution in [0.15, 0.2) is 58.9 Å². The standard InChI is InChI=1S/C19H20N4O2S/c1-13(24)21-16-7-5-15(6-8-16)18-12-26-19(23-22-18)20-11-14-3-9-17(25-2)10-4-14/h3-10,12,22H,11H2,1-2H3,(H,20,23)(H,21,24). The molecule has 0 spiro atoms. The van der Waals surface area contributed by atoms with Crippen LogP contribution in [0.3, 0.4) is 0 Å². The van der Waals surface area contributed by atoms with Crippen LogP contribution in [0.25, 0.3) is 5.70 Å². The summed E-state index contributed by atoms with van der Waals surface area (Å²) < 4.78 is 5.15. The number of anilines is 1. The van der Waals surface area contributed by atoms with E-state index in [0.29, 0.717) is 6.54 Å². The third kappa shape index (κ3) is 4.80. The van der Waals surface area contributed by atoms with Crippen molar-refractivity contribution in [3.63, 3.8) is 0 Å². The Hall–Kier alpha value is -2.93. The number of carbonyl (C=O) groups excluding carboxylic acids is 1. The Morgan fingerprint density at radius 2 is 1.85 bits per heavy atom. The topological polar surface area (TPSA) is 74.8 Å². The van der Waals surface area contributed by atoms with Crippen LogP contribution in [0.2, 0.25) is 0 Å². The summed E-state index contributed by atoms with van der Waals surface area (Å²) >= 11 is 1.53. The van der Waals surface area contributed by atoms with Crippen LogP contribution < -0.4 is 20.9 Å². The van der Waals surface area contributed by atoms with E-state index in [4.69, 9.17) is 4.74 Å².